The number of aromatic nitrogens is 1. The van der Waals surface area contributed by atoms with Crippen LogP contribution in [0.3, 0.4) is 0 Å². The first kappa shape index (κ1) is 14.0. The van der Waals surface area contributed by atoms with Crippen molar-refractivity contribution < 1.29 is 13.9 Å². The molecule has 0 fully saturated rings. The van der Waals surface area contributed by atoms with E-state index in [1.807, 2.05) is 38.1 Å². The first-order valence-corrected chi connectivity index (χ1v) is 7.03. The lowest BCUT2D eigenvalue weighted by Crippen LogP contribution is -2.17. The Kier molecular flexibility index (Phi) is 3.64. The molecule has 3 nitrogen and oxygen atoms in total. The second-order valence-electron chi connectivity index (χ2n) is 5.41. The lowest BCUT2D eigenvalue weighted by molar-refractivity contribution is 0.0675. The predicted molar refractivity (Wildman–Crippen MR) is 81.1 cm³/mol. The number of benzene rings is 1. The summed E-state index contributed by atoms with van der Waals surface area (Å²) in [5.41, 5.74) is 3.35. The molecule has 2 aromatic rings. The molecule has 0 N–H and O–H groups in total. The molecule has 0 saturated heterocycles. The van der Waals surface area contributed by atoms with Crippen LogP contribution < -0.4 is 4.74 Å². The molecule has 1 aromatic carbocycles. The smallest absolute Gasteiger partial charge is 0.130 e. The largest absolute Gasteiger partial charge is 0.496 e. The third kappa shape index (κ3) is 2.63. The van der Waals surface area contributed by atoms with Gasteiger partial charge in [-0.05, 0) is 37.1 Å². The maximum atomic E-state index is 14.1. The summed E-state index contributed by atoms with van der Waals surface area (Å²) in [6.45, 7) is 3.94. The van der Waals surface area contributed by atoms with Crippen LogP contribution in [-0.2, 0) is 4.74 Å². The quantitative estimate of drug-likeness (QED) is 0.835. The Balaban J connectivity index is 2.15. The number of aryl methyl sites for hydroxylation is 1. The topological polar surface area (TPSA) is 31.4 Å². The van der Waals surface area contributed by atoms with Gasteiger partial charge in [-0.15, -0.1) is 0 Å². The zero-order valence-electron chi connectivity index (χ0n) is 12.4. The maximum Gasteiger partial charge on any atom is 0.130 e. The van der Waals surface area contributed by atoms with Crippen LogP contribution in [0.1, 0.15) is 24.6 Å². The second-order valence-corrected chi connectivity index (χ2v) is 5.41. The first-order chi connectivity index (χ1) is 10.1. The molecule has 1 aliphatic heterocycles. The summed E-state index contributed by atoms with van der Waals surface area (Å²) >= 11 is 0. The van der Waals surface area contributed by atoms with Gasteiger partial charge in [0.1, 0.15) is 11.6 Å². The number of rotatable bonds is 2. The van der Waals surface area contributed by atoms with Crippen molar-refractivity contribution in [3.8, 4) is 5.75 Å². The summed E-state index contributed by atoms with van der Waals surface area (Å²) in [5, 5.41) is 0.903. The van der Waals surface area contributed by atoms with Gasteiger partial charge < -0.3 is 9.47 Å². The Morgan fingerprint density at radius 1 is 1.33 bits per heavy atom. The summed E-state index contributed by atoms with van der Waals surface area (Å²) in [6.07, 6.45) is 0.618. The van der Waals surface area contributed by atoms with Crippen molar-refractivity contribution >= 4 is 16.5 Å². The average molecular weight is 287 g/mol. The Morgan fingerprint density at radius 3 is 2.90 bits per heavy atom. The molecule has 4 heteroatoms. The fourth-order valence-electron chi connectivity index (χ4n) is 2.71. The molecule has 0 radical (unpaired) electrons. The molecule has 3 rings (SSSR count). The van der Waals surface area contributed by atoms with E-state index in [2.05, 4.69) is 4.98 Å². The van der Waals surface area contributed by atoms with Crippen LogP contribution in [0.4, 0.5) is 4.39 Å². The Bertz CT molecular complexity index is 724. The van der Waals surface area contributed by atoms with E-state index in [9.17, 15) is 4.39 Å². The number of hydrogen-bond donors (Lipinski definition) is 0. The fraction of sp³-hybridized carbons (Fsp3) is 0.353. The summed E-state index contributed by atoms with van der Waals surface area (Å²) in [5.74, 6) is 0.576. The van der Waals surface area contributed by atoms with E-state index < -0.39 is 0 Å². The highest BCUT2D eigenvalue weighted by Crippen LogP contribution is 2.34. The van der Waals surface area contributed by atoms with Gasteiger partial charge >= 0.3 is 0 Å². The summed E-state index contributed by atoms with van der Waals surface area (Å²) in [6, 6.07) is 7.68. The summed E-state index contributed by atoms with van der Waals surface area (Å²) in [4.78, 5) is 4.49. The standard InChI is InChI=1S/C17H18FNO2/c1-10-6-17(20-3)14-8-12(4-5-16(14)19-10)13-7-11(2)21-9-15(13)18/h4-6,8,11H,7,9H2,1-3H3. The van der Waals surface area contributed by atoms with Crippen LogP contribution in [0.25, 0.3) is 16.5 Å². The van der Waals surface area contributed by atoms with Crippen molar-refractivity contribution in [1.82, 2.24) is 4.98 Å². The Morgan fingerprint density at radius 2 is 2.14 bits per heavy atom. The van der Waals surface area contributed by atoms with E-state index in [4.69, 9.17) is 9.47 Å². The van der Waals surface area contributed by atoms with E-state index in [0.29, 0.717) is 6.42 Å². The molecule has 1 atom stereocenters. The van der Waals surface area contributed by atoms with Crippen molar-refractivity contribution in [3.63, 3.8) is 0 Å². The Labute approximate surface area is 123 Å². The molecule has 0 spiro atoms. The molecular weight excluding hydrogens is 269 g/mol. The van der Waals surface area contributed by atoms with Crippen LogP contribution in [-0.4, -0.2) is 24.8 Å². The normalized spacial score (nSPS) is 19.1. The number of hydrogen-bond acceptors (Lipinski definition) is 3. The van der Waals surface area contributed by atoms with Gasteiger partial charge in [-0.3, -0.25) is 4.98 Å². The van der Waals surface area contributed by atoms with Gasteiger partial charge in [-0.25, -0.2) is 4.39 Å². The summed E-state index contributed by atoms with van der Waals surface area (Å²) < 4.78 is 24.8. The number of methoxy groups -OCH3 is 1. The van der Waals surface area contributed by atoms with Gasteiger partial charge in [0.25, 0.3) is 0 Å². The minimum Gasteiger partial charge on any atom is -0.496 e. The van der Waals surface area contributed by atoms with Crippen LogP contribution in [0.2, 0.25) is 0 Å². The van der Waals surface area contributed by atoms with Gasteiger partial charge in [-0.2, -0.15) is 0 Å². The van der Waals surface area contributed by atoms with Crippen molar-refractivity contribution in [2.75, 3.05) is 13.7 Å². The molecule has 1 unspecified atom stereocenters. The van der Waals surface area contributed by atoms with Crippen LogP contribution in [0, 0.1) is 6.92 Å². The number of fused-ring (bicyclic) bond motifs is 1. The van der Waals surface area contributed by atoms with Crippen LogP contribution in [0.5, 0.6) is 5.75 Å². The van der Waals surface area contributed by atoms with Gasteiger partial charge in [0.05, 0.1) is 25.3 Å². The molecule has 110 valence electrons. The molecular formula is C17H18FNO2. The van der Waals surface area contributed by atoms with Crippen molar-refractivity contribution in [3.05, 3.63) is 41.3 Å². The van der Waals surface area contributed by atoms with Crippen molar-refractivity contribution in [2.45, 2.75) is 26.4 Å². The summed E-state index contributed by atoms with van der Waals surface area (Å²) in [7, 11) is 1.64. The van der Waals surface area contributed by atoms with E-state index in [1.165, 1.54) is 0 Å². The van der Waals surface area contributed by atoms with Gasteiger partial charge in [0.15, 0.2) is 0 Å². The molecule has 2 heterocycles. The molecule has 0 aliphatic carbocycles. The van der Waals surface area contributed by atoms with E-state index >= 15 is 0 Å². The number of halogens is 1. The van der Waals surface area contributed by atoms with Crippen LogP contribution >= 0.6 is 0 Å². The van der Waals surface area contributed by atoms with Gasteiger partial charge in [-0.1, -0.05) is 6.07 Å². The minimum atomic E-state index is -0.188. The molecule has 0 amide bonds. The van der Waals surface area contributed by atoms with Crippen molar-refractivity contribution in [1.29, 1.82) is 0 Å². The monoisotopic (exact) mass is 287 g/mol. The Hall–Kier alpha value is -1.94. The average Bonchev–Trinajstić information content (AvgIpc) is 2.48. The minimum absolute atomic E-state index is 0.0354. The molecule has 1 aliphatic rings. The SMILES string of the molecule is COc1cc(C)nc2ccc(C3=C(F)COC(C)C3)cc12. The third-order valence-electron chi connectivity index (χ3n) is 3.78. The zero-order valence-corrected chi connectivity index (χ0v) is 12.4. The maximum absolute atomic E-state index is 14.1. The lowest BCUT2D eigenvalue weighted by Gasteiger charge is -2.22. The highest BCUT2D eigenvalue weighted by Gasteiger charge is 2.20. The zero-order chi connectivity index (χ0) is 15.0. The molecule has 0 saturated carbocycles. The highest BCUT2D eigenvalue weighted by atomic mass is 19.1. The van der Waals surface area contributed by atoms with E-state index in [1.54, 1.807) is 7.11 Å². The number of ether oxygens (including phenoxy) is 2. The van der Waals surface area contributed by atoms with Gasteiger partial charge in [0.2, 0.25) is 0 Å². The predicted octanol–water partition coefficient (Wildman–Crippen LogP) is 4.04. The first-order valence-electron chi connectivity index (χ1n) is 7.03. The van der Waals surface area contributed by atoms with E-state index in [-0.39, 0.29) is 18.5 Å². The van der Waals surface area contributed by atoms with Crippen molar-refractivity contribution in [2.24, 2.45) is 0 Å². The number of pyridine rings is 1. The molecule has 0 bridgehead atoms. The lowest BCUT2D eigenvalue weighted by atomic mass is 9.96. The fourth-order valence-corrected chi connectivity index (χ4v) is 2.71. The third-order valence-corrected chi connectivity index (χ3v) is 3.78. The van der Waals surface area contributed by atoms with Gasteiger partial charge in [0, 0.05) is 23.6 Å². The molecule has 1 aromatic heterocycles. The van der Waals surface area contributed by atoms with Crippen LogP contribution in [0.15, 0.2) is 30.1 Å². The highest BCUT2D eigenvalue weighted by molar-refractivity contribution is 5.89. The van der Waals surface area contributed by atoms with E-state index in [0.717, 1.165) is 33.5 Å². The second kappa shape index (κ2) is 5.45. The molecule has 21 heavy (non-hydrogen) atoms. The number of nitrogens with zero attached hydrogens (tertiary/aromatic N) is 1.